The second-order valence-corrected chi connectivity index (χ2v) is 10.7. The number of methoxy groups -OCH3 is 1. The van der Waals surface area contributed by atoms with Gasteiger partial charge in [0, 0.05) is 30.7 Å². The van der Waals surface area contributed by atoms with Gasteiger partial charge in [0.05, 0.1) is 29.8 Å². The molecule has 0 spiro atoms. The second kappa shape index (κ2) is 12.9. The molecule has 12 heteroatoms. The lowest BCUT2D eigenvalue weighted by molar-refractivity contribution is -0.0934. The third-order valence-electron chi connectivity index (χ3n) is 7.91. The van der Waals surface area contributed by atoms with Crippen molar-refractivity contribution in [1.29, 1.82) is 0 Å². The van der Waals surface area contributed by atoms with Gasteiger partial charge in [-0.2, -0.15) is 26.3 Å². The van der Waals surface area contributed by atoms with Crippen LogP contribution in [0, 0.1) is 11.8 Å². The Morgan fingerprint density at radius 3 is 2.50 bits per heavy atom. The van der Waals surface area contributed by atoms with Gasteiger partial charge in [0.1, 0.15) is 5.75 Å². The minimum Gasteiger partial charge on any atom is -0.497 e. The number of fused-ring (bicyclic) bond motifs is 4. The van der Waals surface area contributed by atoms with Crippen molar-refractivity contribution >= 4 is 28.2 Å². The second-order valence-electron chi connectivity index (χ2n) is 10.3. The summed E-state index contributed by atoms with van der Waals surface area (Å²) in [6, 6.07) is 7.08. The minimum atomic E-state index is -5.01. The van der Waals surface area contributed by atoms with E-state index in [2.05, 4.69) is 33.7 Å². The summed E-state index contributed by atoms with van der Waals surface area (Å²) in [5.74, 6) is 1.44. The maximum Gasteiger partial charge on any atom is 0.416 e. The number of benzene rings is 1. The molecule has 2 bridgehead atoms. The lowest BCUT2D eigenvalue weighted by Gasteiger charge is -2.52. The van der Waals surface area contributed by atoms with Crippen LogP contribution in [0.4, 0.5) is 26.3 Å². The van der Waals surface area contributed by atoms with E-state index in [1.807, 2.05) is 30.3 Å². The van der Waals surface area contributed by atoms with Crippen molar-refractivity contribution < 1.29 is 31.1 Å². The fraction of sp³-hybridized carbons (Fsp3) is 0.400. The van der Waals surface area contributed by atoms with Crippen LogP contribution in [0.5, 0.6) is 5.75 Å². The number of rotatable bonds is 9. The molecule has 0 aliphatic carbocycles. The Bertz CT molecular complexity index is 1390. The van der Waals surface area contributed by atoms with Crippen molar-refractivity contribution in [2.45, 2.75) is 37.3 Å². The molecule has 5 nitrogen and oxygen atoms in total. The van der Waals surface area contributed by atoms with Crippen LogP contribution in [-0.2, 0) is 0 Å². The average Bonchev–Trinajstić information content (AvgIpc) is 2.95. The molecule has 42 heavy (non-hydrogen) atoms. The van der Waals surface area contributed by atoms with Crippen molar-refractivity contribution in [3.63, 3.8) is 0 Å². The van der Waals surface area contributed by atoms with Crippen molar-refractivity contribution in [3.05, 3.63) is 84.6 Å². The minimum absolute atomic E-state index is 0.0163. The summed E-state index contributed by atoms with van der Waals surface area (Å²) in [7, 11) is 1.57. The van der Waals surface area contributed by atoms with Gasteiger partial charge in [-0.25, -0.2) is 0 Å². The van der Waals surface area contributed by atoms with Gasteiger partial charge >= 0.3 is 12.4 Å². The molecule has 3 aliphatic rings. The first-order chi connectivity index (χ1) is 19.8. The fourth-order valence-electron chi connectivity index (χ4n) is 5.78. The molecule has 3 saturated heterocycles. The highest BCUT2D eigenvalue weighted by Crippen LogP contribution is 2.42. The Balaban J connectivity index is 1.62. The van der Waals surface area contributed by atoms with Crippen molar-refractivity contribution in [2.75, 3.05) is 26.7 Å². The van der Waals surface area contributed by atoms with Crippen LogP contribution in [0.25, 0.3) is 10.9 Å². The van der Waals surface area contributed by atoms with Gasteiger partial charge in [0.25, 0.3) is 0 Å². The molecular formula is C30H32F6N4OS. The molecular weight excluding hydrogens is 578 g/mol. The standard InChI is InChI=1S/C30H32F6N4OS/c1-4-18-17-40-13-10-19(18)14-26(40)27(23-9-12-37-25-7-6-22(41-3)16-24(23)25)39-28(42)38-11-8-21(30(34,35)36)15-20(5-2)29(31,32)33/h4-9,12,15-16,18-19,26-27H,1-2,10-11,13-14,17H2,3H3,(H2,38,39,42)/b20-15+,21-8+/t18?,19?,26?,27-/m0/s1. The van der Waals surface area contributed by atoms with E-state index in [0.29, 0.717) is 29.7 Å². The van der Waals surface area contributed by atoms with E-state index in [0.717, 1.165) is 42.4 Å². The summed E-state index contributed by atoms with van der Waals surface area (Å²) in [5.41, 5.74) is -1.32. The zero-order chi connectivity index (χ0) is 30.7. The van der Waals surface area contributed by atoms with E-state index in [1.54, 1.807) is 13.3 Å². The van der Waals surface area contributed by atoms with Crippen LogP contribution in [0.1, 0.15) is 24.4 Å². The van der Waals surface area contributed by atoms with Gasteiger partial charge in [0.2, 0.25) is 0 Å². The first-order valence-corrected chi connectivity index (χ1v) is 13.8. The molecule has 4 unspecified atom stereocenters. The zero-order valence-corrected chi connectivity index (χ0v) is 23.8. The summed E-state index contributed by atoms with van der Waals surface area (Å²) in [4.78, 5) is 6.85. The Kier molecular flexibility index (Phi) is 9.67. The molecule has 1 aromatic heterocycles. The molecule has 2 aromatic rings. The number of ether oxygens (including phenoxy) is 1. The molecule has 5 atom stereocenters. The summed E-state index contributed by atoms with van der Waals surface area (Å²) in [6.45, 7) is 8.24. The van der Waals surface area contributed by atoms with Crippen molar-refractivity contribution in [2.24, 2.45) is 11.8 Å². The normalized spacial score (nSPS) is 23.8. The topological polar surface area (TPSA) is 49.4 Å². The van der Waals surface area contributed by atoms with E-state index in [-0.39, 0.29) is 23.3 Å². The average molecular weight is 611 g/mol. The van der Waals surface area contributed by atoms with Gasteiger partial charge in [-0.05, 0) is 79.3 Å². The number of alkyl halides is 6. The van der Waals surface area contributed by atoms with Crippen LogP contribution in [0.2, 0.25) is 0 Å². The molecule has 0 amide bonds. The lowest BCUT2D eigenvalue weighted by atomic mass is 9.73. The molecule has 5 rings (SSSR count). The van der Waals surface area contributed by atoms with Crippen LogP contribution in [0.3, 0.4) is 0 Å². The zero-order valence-electron chi connectivity index (χ0n) is 22.9. The van der Waals surface area contributed by atoms with E-state index < -0.39 is 30.0 Å². The number of halogens is 6. The number of piperidine rings is 3. The number of nitrogens with zero attached hydrogens (tertiary/aromatic N) is 2. The van der Waals surface area contributed by atoms with Gasteiger partial charge in [0.15, 0.2) is 5.11 Å². The van der Waals surface area contributed by atoms with Gasteiger partial charge in [-0.1, -0.05) is 24.8 Å². The third-order valence-corrected chi connectivity index (χ3v) is 8.18. The number of hydrogen-bond donors (Lipinski definition) is 2. The molecule has 1 aromatic carbocycles. The van der Waals surface area contributed by atoms with Crippen molar-refractivity contribution in [1.82, 2.24) is 20.5 Å². The monoisotopic (exact) mass is 610 g/mol. The smallest absolute Gasteiger partial charge is 0.416 e. The van der Waals surface area contributed by atoms with Crippen LogP contribution >= 0.6 is 12.2 Å². The Labute approximate surface area is 246 Å². The SMILES string of the molecule is C=C/C(=C\C(=C/CNC(=S)N[C@@H](c1ccnc2ccc(OC)cc12)C1CC2CCN1CC2C=C)C(F)(F)F)C(F)(F)F. The Morgan fingerprint density at radius 2 is 1.90 bits per heavy atom. The molecule has 0 saturated carbocycles. The van der Waals surface area contributed by atoms with Gasteiger partial charge < -0.3 is 15.4 Å². The van der Waals surface area contributed by atoms with Gasteiger partial charge in [-0.15, -0.1) is 6.58 Å². The first kappa shape index (κ1) is 31.6. The molecule has 3 aliphatic heterocycles. The van der Waals surface area contributed by atoms with Crippen LogP contribution in [-0.4, -0.2) is 60.1 Å². The van der Waals surface area contributed by atoms with E-state index >= 15 is 0 Å². The van der Waals surface area contributed by atoms with E-state index in [4.69, 9.17) is 17.0 Å². The number of aromatic nitrogens is 1. The van der Waals surface area contributed by atoms with E-state index in [1.165, 1.54) is 0 Å². The van der Waals surface area contributed by atoms with Gasteiger partial charge in [-0.3, -0.25) is 9.88 Å². The number of hydrogen-bond acceptors (Lipinski definition) is 4. The Hall–Kier alpha value is -3.38. The van der Waals surface area contributed by atoms with E-state index in [9.17, 15) is 26.3 Å². The largest absolute Gasteiger partial charge is 0.497 e. The summed E-state index contributed by atoms with van der Waals surface area (Å²) < 4.78 is 85.3. The maximum absolute atomic E-state index is 13.5. The molecule has 226 valence electrons. The first-order valence-electron chi connectivity index (χ1n) is 13.4. The maximum atomic E-state index is 13.5. The molecule has 2 N–H and O–H groups in total. The number of allylic oxidation sites excluding steroid dienone is 4. The highest BCUT2D eigenvalue weighted by atomic mass is 32.1. The highest BCUT2D eigenvalue weighted by molar-refractivity contribution is 7.80. The summed E-state index contributed by atoms with van der Waals surface area (Å²) >= 11 is 5.50. The molecule has 4 heterocycles. The molecule has 0 radical (unpaired) electrons. The highest BCUT2D eigenvalue weighted by Gasteiger charge is 2.43. The number of nitrogens with one attached hydrogen (secondary N) is 2. The predicted molar refractivity (Wildman–Crippen MR) is 155 cm³/mol. The number of thiocarbonyl (C=S) groups is 1. The quantitative estimate of drug-likeness (QED) is 0.141. The Morgan fingerprint density at radius 1 is 1.17 bits per heavy atom. The van der Waals surface area contributed by atoms with Crippen molar-refractivity contribution in [3.8, 4) is 5.75 Å². The molecule has 3 fully saturated rings. The lowest BCUT2D eigenvalue weighted by Crippen LogP contribution is -2.58. The van der Waals surface area contributed by atoms with Crippen LogP contribution in [0.15, 0.2) is 79.1 Å². The summed E-state index contributed by atoms with van der Waals surface area (Å²) in [6.07, 6.45) is -3.39. The number of pyridine rings is 1. The predicted octanol–water partition coefficient (Wildman–Crippen LogP) is 6.81. The van der Waals surface area contributed by atoms with Crippen LogP contribution < -0.4 is 15.4 Å². The summed E-state index contributed by atoms with van der Waals surface area (Å²) in [5, 5.41) is 6.93. The third kappa shape index (κ3) is 7.15. The fourth-order valence-corrected chi connectivity index (χ4v) is 5.99.